The van der Waals surface area contributed by atoms with E-state index in [1.165, 1.54) is 0 Å². The van der Waals surface area contributed by atoms with Crippen LogP contribution in [0.3, 0.4) is 0 Å². The summed E-state index contributed by atoms with van der Waals surface area (Å²) in [7, 11) is 0. The van der Waals surface area contributed by atoms with Gasteiger partial charge in [0, 0.05) is 6.42 Å². The van der Waals surface area contributed by atoms with Crippen LogP contribution in [0.1, 0.15) is 38.5 Å². The summed E-state index contributed by atoms with van der Waals surface area (Å²) in [4.78, 5) is 21.4. The van der Waals surface area contributed by atoms with E-state index >= 15 is 0 Å². The van der Waals surface area contributed by atoms with Crippen molar-refractivity contribution in [2.24, 2.45) is 5.92 Å². The van der Waals surface area contributed by atoms with Crippen LogP contribution in [0.5, 0.6) is 0 Å². The lowest BCUT2D eigenvalue weighted by atomic mass is 9.87. The van der Waals surface area contributed by atoms with E-state index in [0.717, 1.165) is 32.1 Å². The Balaban J connectivity index is 2.32. The summed E-state index contributed by atoms with van der Waals surface area (Å²) in [6.45, 7) is 0. The number of halogens is 3. The van der Waals surface area contributed by atoms with Crippen LogP contribution in [-0.2, 0) is 14.3 Å². The molecule has 0 amide bonds. The lowest BCUT2D eigenvalue weighted by Gasteiger charge is -2.20. The zero-order chi connectivity index (χ0) is 12.2. The van der Waals surface area contributed by atoms with Crippen molar-refractivity contribution in [3.8, 4) is 0 Å². The molecular formula is C10H13F3O3. The molecule has 3 nitrogen and oxygen atoms in total. The molecule has 0 heterocycles. The van der Waals surface area contributed by atoms with E-state index < -0.39 is 18.1 Å². The number of hydrogen-bond acceptors (Lipinski definition) is 3. The number of hydrogen-bond donors (Lipinski definition) is 0. The molecule has 92 valence electrons. The Hall–Kier alpha value is -1.07. The Kier molecular flexibility index (Phi) is 4.32. The molecule has 0 radical (unpaired) electrons. The van der Waals surface area contributed by atoms with Gasteiger partial charge in [-0.1, -0.05) is 19.3 Å². The maximum absolute atomic E-state index is 11.8. The molecule has 6 heteroatoms. The predicted octanol–water partition coefficient (Wildman–Crippen LogP) is 2.59. The third-order valence-corrected chi connectivity index (χ3v) is 2.62. The van der Waals surface area contributed by atoms with Gasteiger partial charge in [0.2, 0.25) is 0 Å². The molecule has 0 atom stereocenters. The Morgan fingerprint density at radius 2 is 1.69 bits per heavy atom. The van der Waals surface area contributed by atoms with Gasteiger partial charge in [-0.25, -0.2) is 4.79 Å². The van der Waals surface area contributed by atoms with Crippen LogP contribution in [0.4, 0.5) is 13.2 Å². The number of rotatable bonds is 2. The number of carbonyl (C=O) groups excluding carboxylic acids is 2. The zero-order valence-corrected chi connectivity index (χ0v) is 8.68. The summed E-state index contributed by atoms with van der Waals surface area (Å²) in [5.41, 5.74) is 0. The Bertz CT molecular complexity index is 267. The van der Waals surface area contributed by atoms with Gasteiger partial charge in [0.25, 0.3) is 0 Å². The monoisotopic (exact) mass is 238 g/mol. The van der Waals surface area contributed by atoms with Crippen molar-refractivity contribution >= 4 is 11.9 Å². The van der Waals surface area contributed by atoms with Crippen LogP contribution in [-0.4, -0.2) is 18.1 Å². The molecule has 0 saturated heterocycles. The summed E-state index contributed by atoms with van der Waals surface area (Å²) in [5.74, 6) is -3.44. The molecule has 1 rings (SSSR count). The average molecular weight is 238 g/mol. The summed E-state index contributed by atoms with van der Waals surface area (Å²) >= 11 is 0. The van der Waals surface area contributed by atoms with Gasteiger partial charge in [-0.05, 0) is 18.8 Å². The second-order valence-electron chi connectivity index (χ2n) is 3.97. The van der Waals surface area contributed by atoms with Crippen LogP contribution in [0.2, 0.25) is 0 Å². The zero-order valence-electron chi connectivity index (χ0n) is 8.68. The first-order valence-corrected chi connectivity index (χ1v) is 5.21. The topological polar surface area (TPSA) is 43.4 Å². The van der Waals surface area contributed by atoms with Gasteiger partial charge in [0.15, 0.2) is 0 Å². The number of carbonyl (C=O) groups is 2. The molecule has 1 saturated carbocycles. The normalized spacial score (nSPS) is 18.2. The summed E-state index contributed by atoms with van der Waals surface area (Å²) in [6.07, 6.45) is -0.516. The van der Waals surface area contributed by atoms with Gasteiger partial charge in [0.1, 0.15) is 0 Å². The number of ether oxygens (including phenoxy) is 1. The molecule has 0 aromatic rings. The molecule has 0 bridgehead atoms. The van der Waals surface area contributed by atoms with Crippen molar-refractivity contribution in [2.45, 2.75) is 44.7 Å². The van der Waals surface area contributed by atoms with Gasteiger partial charge >= 0.3 is 18.1 Å². The van der Waals surface area contributed by atoms with Gasteiger partial charge < -0.3 is 4.74 Å². The van der Waals surface area contributed by atoms with E-state index in [-0.39, 0.29) is 12.3 Å². The fourth-order valence-corrected chi connectivity index (χ4v) is 1.83. The highest BCUT2D eigenvalue weighted by Crippen LogP contribution is 2.27. The van der Waals surface area contributed by atoms with Gasteiger partial charge in [-0.2, -0.15) is 13.2 Å². The molecule has 1 aliphatic rings. The highest BCUT2D eigenvalue weighted by molar-refractivity contribution is 5.88. The van der Waals surface area contributed by atoms with Crippen molar-refractivity contribution < 1.29 is 27.5 Å². The quantitative estimate of drug-likeness (QED) is 0.548. The summed E-state index contributed by atoms with van der Waals surface area (Å²) in [5, 5.41) is 0. The number of esters is 2. The maximum atomic E-state index is 11.8. The molecule has 1 fully saturated rings. The molecule has 0 unspecified atom stereocenters. The largest absolute Gasteiger partial charge is 0.491 e. The van der Waals surface area contributed by atoms with Crippen LogP contribution in [0.15, 0.2) is 0 Å². The predicted molar refractivity (Wildman–Crippen MR) is 48.3 cm³/mol. The van der Waals surface area contributed by atoms with Crippen molar-refractivity contribution in [3.05, 3.63) is 0 Å². The van der Waals surface area contributed by atoms with Crippen molar-refractivity contribution in [1.29, 1.82) is 0 Å². The Labute approximate surface area is 91.0 Å². The van der Waals surface area contributed by atoms with E-state index in [0.29, 0.717) is 0 Å². The van der Waals surface area contributed by atoms with Gasteiger partial charge in [-0.3, -0.25) is 4.79 Å². The molecule has 0 aromatic carbocycles. The van der Waals surface area contributed by atoms with E-state index in [1.807, 2.05) is 0 Å². The van der Waals surface area contributed by atoms with Crippen molar-refractivity contribution in [3.63, 3.8) is 0 Å². The molecule has 16 heavy (non-hydrogen) atoms. The summed E-state index contributed by atoms with van der Waals surface area (Å²) in [6, 6.07) is 0. The van der Waals surface area contributed by atoms with Crippen LogP contribution in [0, 0.1) is 5.92 Å². The van der Waals surface area contributed by atoms with Crippen LogP contribution in [0.25, 0.3) is 0 Å². The fourth-order valence-electron chi connectivity index (χ4n) is 1.83. The molecule has 0 aromatic heterocycles. The van der Waals surface area contributed by atoms with Gasteiger partial charge in [0.05, 0.1) is 0 Å². The first kappa shape index (κ1) is 13.0. The first-order valence-electron chi connectivity index (χ1n) is 5.21. The van der Waals surface area contributed by atoms with Crippen molar-refractivity contribution in [2.75, 3.05) is 0 Å². The second kappa shape index (κ2) is 5.32. The SMILES string of the molecule is O=C(CC1CCCCC1)OC(=O)C(F)(F)F. The van der Waals surface area contributed by atoms with E-state index in [1.54, 1.807) is 0 Å². The summed E-state index contributed by atoms with van der Waals surface area (Å²) < 4.78 is 39.0. The second-order valence-corrected chi connectivity index (χ2v) is 3.97. The third-order valence-electron chi connectivity index (χ3n) is 2.62. The van der Waals surface area contributed by atoms with E-state index in [4.69, 9.17) is 0 Å². The minimum absolute atomic E-state index is 0.0577. The smallest absolute Gasteiger partial charge is 0.386 e. The lowest BCUT2D eigenvalue weighted by Crippen LogP contribution is -2.28. The minimum Gasteiger partial charge on any atom is -0.386 e. The highest BCUT2D eigenvalue weighted by Gasteiger charge is 2.42. The average Bonchev–Trinajstić information content (AvgIpc) is 2.17. The molecule has 0 aliphatic heterocycles. The van der Waals surface area contributed by atoms with E-state index in [9.17, 15) is 22.8 Å². The molecule has 0 spiro atoms. The standard InChI is InChI=1S/C10H13F3O3/c11-10(12,13)9(15)16-8(14)6-7-4-2-1-3-5-7/h7H,1-6H2. The minimum atomic E-state index is -5.10. The third kappa shape index (κ3) is 4.20. The molecule has 1 aliphatic carbocycles. The number of alkyl halides is 3. The lowest BCUT2D eigenvalue weighted by molar-refractivity contribution is -0.202. The molecular weight excluding hydrogens is 225 g/mol. The molecule has 0 N–H and O–H groups in total. The Morgan fingerprint density at radius 3 is 2.19 bits per heavy atom. The van der Waals surface area contributed by atoms with Crippen LogP contribution >= 0.6 is 0 Å². The first-order chi connectivity index (χ1) is 7.39. The van der Waals surface area contributed by atoms with Crippen LogP contribution < -0.4 is 0 Å². The Morgan fingerprint density at radius 1 is 1.12 bits per heavy atom. The fraction of sp³-hybridized carbons (Fsp3) is 0.800. The maximum Gasteiger partial charge on any atom is 0.491 e. The van der Waals surface area contributed by atoms with Gasteiger partial charge in [-0.15, -0.1) is 0 Å². The van der Waals surface area contributed by atoms with Crippen molar-refractivity contribution in [1.82, 2.24) is 0 Å². The highest BCUT2D eigenvalue weighted by atomic mass is 19.4. The van der Waals surface area contributed by atoms with E-state index in [2.05, 4.69) is 4.74 Å².